The van der Waals surface area contributed by atoms with Crippen LogP contribution in [0, 0.1) is 0 Å². The van der Waals surface area contributed by atoms with Crippen LogP contribution in [0.5, 0.6) is 11.5 Å². The predicted octanol–water partition coefficient (Wildman–Crippen LogP) is 3.69. The van der Waals surface area contributed by atoms with Gasteiger partial charge < -0.3 is 14.4 Å². The fourth-order valence-corrected chi connectivity index (χ4v) is 2.31. The maximum absolute atomic E-state index is 12.1. The lowest BCUT2D eigenvalue weighted by Gasteiger charge is -2.13. The van der Waals surface area contributed by atoms with Crippen molar-refractivity contribution in [3.63, 3.8) is 0 Å². The summed E-state index contributed by atoms with van der Waals surface area (Å²) in [4.78, 5) is 12.1. The van der Waals surface area contributed by atoms with Gasteiger partial charge in [-0.25, -0.2) is 0 Å². The fraction of sp³-hybridized carbons (Fsp3) is 0.471. The van der Waals surface area contributed by atoms with Crippen molar-refractivity contribution in [2.45, 2.75) is 46.1 Å². The van der Waals surface area contributed by atoms with Crippen molar-refractivity contribution in [2.75, 3.05) is 6.61 Å². The normalized spacial score (nSPS) is 11.0. The minimum atomic E-state index is -0.167. The topological polar surface area (TPSA) is 51.5 Å². The Bertz CT molecular complexity index is 661. The molecule has 0 aliphatic heterocycles. The maximum atomic E-state index is 12.1. The number of ether oxygens (including phenoxy) is 1. The Morgan fingerprint density at radius 2 is 1.90 bits per heavy atom. The molecule has 0 fully saturated rings. The summed E-state index contributed by atoms with van der Waals surface area (Å²) in [5, 5.41) is 10.6. The number of pyridine rings is 1. The van der Waals surface area contributed by atoms with Gasteiger partial charge in [0.15, 0.2) is 0 Å². The summed E-state index contributed by atoms with van der Waals surface area (Å²) >= 11 is 0. The van der Waals surface area contributed by atoms with Gasteiger partial charge in [-0.2, -0.15) is 0 Å². The minimum Gasteiger partial charge on any atom is -0.507 e. The van der Waals surface area contributed by atoms with Gasteiger partial charge in [-0.3, -0.25) is 4.79 Å². The number of aromatic hydroxyl groups is 1. The molecule has 1 aromatic carbocycles. The zero-order valence-electron chi connectivity index (χ0n) is 12.8. The van der Waals surface area contributed by atoms with E-state index in [0.717, 1.165) is 36.9 Å². The predicted molar refractivity (Wildman–Crippen MR) is 85.2 cm³/mol. The molecule has 4 heteroatoms. The van der Waals surface area contributed by atoms with Crippen LogP contribution in [-0.2, 0) is 6.54 Å². The van der Waals surface area contributed by atoms with Gasteiger partial charge in [0, 0.05) is 24.1 Å². The maximum Gasteiger partial charge on any atom is 0.254 e. The van der Waals surface area contributed by atoms with Crippen molar-refractivity contribution < 1.29 is 9.84 Å². The third-order valence-corrected chi connectivity index (χ3v) is 3.56. The molecule has 0 spiro atoms. The quantitative estimate of drug-likeness (QED) is 0.791. The average Bonchev–Trinajstić information content (AvgIpc) is 2.47. The highest BCUT2D eigenvalue weighted by atomic mass is 16.5. The number of fused-ring (bicyclic) bond motifs is 1. The first kappa shape index (κ1) is 15.4. The second-order valence-corrected chi connectivity index (χ2v) is 5.25. The Morgan fingerprint density at radius 3 is 2.62 bits per heavy atom. The van der Waals surface area contributed by atoms with E-state index in [1.807, 2.05) is 18.2 Å². The number of hydrogen-bond acceptors (Lipinski definition) is 3. The van der Waals surface area contributed by atoms with Gasteiger partial charge in [-0.1, -0.05) is 26.7 Å². The summed E-state index contributed by atoms with van der Waals surface area (Å²) in [6.07, 6.45) is 4.03. The summed E-state index contributed by atoms with van der Waals surface area (Å²) in [7, 11) is 0. The van der Waals surface area contributed by atoms with E-state index in [9.17, 15) is 9.90 Å². The Kier molecular flexibility index (Phi) is 5.26. The molecule has 21 heavy (non-hydrogen) atoms. The monoisotopic (exact) mass is 289 g/mol. The molecule has 4 nitrogen and oxygen atoms in total. The van der Waals surface area contributed by atoms with Crippen LogP contribution < -0.4 is 10.3 Å². The summed E-state index contributed by atoms with van der Waals surface area (Å²) in [5.41, 5.74) is 0.571. The van der Waals surface area contributed by atoms with Crippen molar-refractivity contribution in [1.82, 2.24) is 4.57 Å². The highest BCUT2D eigenvalue weighted by Gasteiger charge is 2.09. The summed E-state index contributed by atoms with van der Waals surface area (Å²) in [6.45, 7) is 5.53. The lowest BCUT2D eigenvalue weighted by atomic mass is 10.1. The molecule has 0 radical (unpaired) electrons. The van der Waals surface area contributed by atoms with Gasteiger partial charge in [0.05, 0.1) is 12.1 Å². The van der Waals surface area contributed by atoms with Gasteiger partial charge in [-0.15, -0.1) is 0 Å². The Morgan fingerprint density at radius 1 is 1.14 bits per heavy atom. The highest BCUT2D eigenvalue weighted by molar-refractivity contribution is 5.86. The van der Waals surface area contributed by atoms with Crippen LogP contribution in [0.2, 0.25) is 0 Å². The van der Waals surface area contributed by atoms with E-state index < -0.39 is 0 Å². The van der Waals surface area contributed by atoms with E-state index in [0.29, 0.717) is 18.5 Å². The van der Waals surface area contributed by atoms with Gasteiger partial charge in [0.25, 0.3) is 5.56 Å². The van der Waals surface area contributed by atoms with Crippen LogP contribution in [0.3, 0.4) is 0 Å². The third-order valence-electron chi connectivity index (χ3n) is 3.56. The van der Waals surface area contributed by atoms with E-state index in [4.69, 9.17) is 4.74 Å². The molecule has 1 heterocycles. The average molecular weight is 289 g/mol. The molecule has 0 amide bonds. The smallest absolute Gasteiger partial charge is 0.254 e. The Labute approximate surface area is 125 Å². The largest absolute Gasteiger partial charge is 0.507 e. The van der Waals surface area contributed by atoms with E-state index in [1.54, 1.807) is 4.57 Å². The Balaban J connectivity index is 2.43. The second-order valence-electron chi connectivity index (χ2n) is 5.25. The van der Waals surface area contributed by atoms with Gasteiger partial charge in [-0.05, 0) is 25.0 Å². The zero-order valence-corrected chi connectivity index (χ0v) is 12.8. The molecule has 0 aliphatic rings. The number of unbranched alkanes of at least 4 members (excludes halogenated alkanes) is 2. The van der Waals surface area contributed by atoms with Crippen molar-refractivity contribution in [2.24, 2.45) is 0 Å². The molecular formula is C17H23NO3. The van der Waals surface area contributed by atoms with Crippen molar-refractivity contribution in [1.29, 1.82) is 0 Å². The summed E-state index contributed by atoms with van der Waals surface area (Å²) < 4.78 is 7.41. The van der Waals surface area contributed by atoms with E-state index in [1.165, 1.54) is 6.07 Å². The second kappa shape index (κ2) is 7.16. The molecular weight excluding hydrogens is 266 g/mol. The molecule has 0 unspecified atom stereocenters. The number of aromatic nitrogens is 1. The number of aryl methyl sites for hydroxylation is 1. The first-order valence-electron chi connectivity index (χ1n) is 7.66. The lowest BCUT2D eigenvalue weighted by Crippen LogP contribution is -2.19. The summed E-state index contributed by atoms with van der Waals surface area (Å²) in [5.74, 6) is 0.772. The van der Waals surface area contributed by atoms with Crippen LogP contribution >= 0.6 is 0 Å². The molecule has 0 atom stereocenters. The van der Waals surface area contributed by atoms with Gasteiger partial charge in [0.2, 0.25) is 0 Å². The zero-order chi connectivity index (χ0) is 15.2. The van der Waals surface area contributed by atoms with Crippen LogP contribution in [0.1, 0.15) is 39.5 Å². The van der Waals surface area contributed by atoms with E-state index >= 15 is 0 Å². The highest BCUT2D eigenvalue weighted by Crippen LogP contribution is 2.26. The Hall–Kier alpha value is -1.97. The van der Waals surface area contributed by atoms with Gasteiger partial charge >= 0.3 is 0 Å². The molecule has 0 saturated carbocycles. The number of nitrogens with zero attached hydrogens (tertiary/aromatic N) is 1. The van der Waals surface area contributed by atoms with Crippen LogP contribution in [0.15, 0.2) is 29.1 Å². The molecule has 114 valence electrons. The van der Waals surface area contributed by atoms with Crippen molar-refractivity contribution >= 4 is 10.9 Å². The van der Waals surface area contributed by atoms with Crippen LogP contribution in [-0.4, -0.2) is 16.3 Å². The molecule has 0 aliphatic carbocycles. The van der Waals surface area contributed by atoms with Crippen molar-refractivity contribution in [3.8, 4) is 11.5 Å². The molecule has 1 aromatic heterocycles. The van der Waals surface area contributed by atoms with E-state index in [-0.39, 0.29) is 11.3 Å². The van der Waals surface area contributed by atoms with Crippen molar-refractivity contribution in [3.05, 3.63) is 34.6 Å². The molecule has 0 bridgehead atoms. The molecule has 2 rings (SSSR count). The van der Waals surface area contributed by atoms with Crippen LogP contribution in [0.25, 0.3) is 10.9 Å². The number of rotatable bonds is 7. The first-order valence-corrected chi connectivity index (χ1v) is 7.66. The molecule has 0 saturated heterocycles. The molecule has 2 aromatic rings. The SMILES string of the molecule is CCCCOc1ccc2c(O)cc(=O)n(CCCC)c2c1. The number of benzene rings is 1. The van der Waals surface area contributed by atoms with Crippen LogP contribution in [0.4, 0.5) is 0 Å². The van der Waals surface area contributed by atoms with Gasteiger partial charge in [0.1, 0.15) is 11.5 Å². The molecule has 1 N–H and O–H groups in total. The lowest BCUT2D eigenvalue weighted by molar-refractivity contribution is 0.309. The minimum absolute atomic E-state index is 0.0304. The standard InChI is InChI=1S/C17H23NO3/c1-3-5-9-18-15-11-13(21-10-6-4-2)7-8-14(15)16(19)12-17(18)20/h7-8,11-12,19H,3-6,9-10H2,1-2H3. The number of hydrogen-bond donors (Lipinski definition) is 1. The summed E-state index contributed by atoms with van der Waals surface area (Å²) in [6, 6.07) is 6.79. The van der Waals surface area contributed by atoms with E-state index in [2.05, 4.69) is 13.8 Å². The third kappa shape index (κ3) is 3.57. The fourth-order valence-electron chi connectivity index (χ4n) is 2.31. The first-order chi connectivity index (χ1) is 10.2.